The summed E-state index contributed by atoms with van der Waals surface area (Å²) in [6.07, 6.45) is 9.56. The van der Waals surface area contributed by atoms with Gasteiger partial charge in [0.05, 0.1) is 24.8 Å². The van der Waals surface area contributed by atoms with E-state index in [1.807, 2.05) is 9.58 Å². The van der Waals surface area contributed by atoms with Gasteiger partial charge in [-0.1, -0.05) is 26.7 Å². The minimum absolute atomic E-state index is 0.0620. The van der Waals surface area contributed by atoms with Crippen LogP contribution in [0, 0.1) is 0 Å². The molecule has 1 N–H and O–H groups in total. The maximum Gasteiger partial charge on any atom is 0.317 e. The number of fused-ring (bicyclic) bond motifs is 1. The Balaban J connectivity index is 1.23. The third-order valence-electron chi connectivity index (χ3n) is 6.13. The summed E-state index contributed by atoms with van der Waals surface area (Å²) in [4.78, 5) is 19.2. The molecule has 0 aromatic carbocycles. The molecule has 4 rings (SSSR count). The average Bonchev–Trinajstić information content (AvgIpc) is 3.31. The van der Waals surface area contributed by atoms with Crippen molar-refractivity contribution in [2.75, 3.05) is 13.1 Å². The van der Waals surface area contributed by atoms with Crippen LogP contribution in [0.4, 0.5) is 4.79 Å². The van der Waals surface area contributed by atoms with Crippen LogP contribution in [0.5, 0.6) is 0 Å². The van der Waals surface area contributed by atoms with E-state index < -0.39 is 0 Å². The highest BCUT2D eigenvalue weighted by atomic mass is 16.5. The molecule has 2 aliphatic heterocycles. The molecule has 0 bridgehead atoms. The van der Waals surface area contributed by atoms with Gasteiger partial charge < -0.3 is 15.0 Å². The van der Waals surface area contributed by atoms with Crippen molar-refractivity contribution in [3.8, 4) is 0 Å². The number of hydrogen-bond donors (Lipinski definition) is 1. The first-order chi connectivity index (χ1) is 13.1. The number of likely N-dealkylation sites (tertiary alicyclic amines) is 1. The Bertz CT molecular complexity index is 645. The molecule has 1 atom stereocenters. The number of ether oxygens (including phenoxy) is 1. The molecule has 1 saturated carbocycles. The van der Waals surface area contributed by atoms with Gasteiger partial charge in [0.15, 0.2) is 5.82 Å². The standard InChI is InChI=1S/C20H33N5O2/c1-14(2)19-22-18-8-7-15(13-25(18)23-19)21-20(26)24-11-9-17(10-12-24)27-16-5-3-4-6-16/h14-17H,3-13H2,1-2H3,(H,21,26). The van der Waals surface area contributed by atoms with Gasteiger partial charge in [-0.15, -0.1) is 0 Å². The number of carbonyl (C=O) groups excluding carboxylic acids is 1. The minimum atomic E-state index is 0.0620. The van der Waals surface area contributed by atoms with Crippen molar-refractivity contribution in [2.24, 2.45) is 0 Å². The van der Waals surface area contributed by atoms with Gasteiger partial charge in [-0.05, 0) is 32.1 Å². The lowest BCUT2D eigenvalue weighted by atomic mass is 10.1. The van der Waals surface area contributed by atoms with Gasteiger partial charge in [-0.2, -0.15) is 5.10 Å². The summed E-state index contributed by atoms with van der Waals surface area (Å²) in [5.74, 6) is 2.29. The van der Waals surface area contributed by atoms with E-state index >= 15 is 0 Å². The van der Waals surface area contributed by atoms with Gasteiger partial charge in [0.25, 0.3) is 0 Å². The van der Waals surface area contributed by atoms with Crippen LogP contribution >= 0.6 is 0 Å². The first-order valence-electron chi connectivity index (χ1n) is 10.7. The maximum atomic E-state index is 12.7. The van der Waals surface area contributed by atoms with Crippen LogP contribution in [-0.2, 0) is 17.7 Å². The molecule has 0 spiro atoms. The molecule has 7 nitrogen and oxygen atoms in total. The Morgan fingerprint density at radius 1 is 1.11 bits per heavy atom. The lowest BCUT2D eigenvalue weighted by Crippen LogP contribution is -2.51. The number of aromatic nitrogens is 3. The van der Waals surface area contributed by atoms with Crippen molar-refractivity contribution >= 4 is 6.03 Å². The highest BCUT2D eigenvalue weighted by Gasteiger charge is 2.29. The topological polar surface area (TPSA) is 72.3 Å². The lowest BCUT2D eigenvalue weighted by molar-refractivity contribution is -0.0340. The molecule has 2 amide bonds. The molecule has 27 heavy (non-hydrogen) atoms. The predicted molar refractivity (Wildman–Crippen MR) is 103 cm³/mol. The molecular formula is C20H33N5O2. The number of nitrogens with one attached hydrogen (secondary N) is 1. The van der Waals surface area contributed by atoms with Crippen molar-refractivity contribution in [1.29, 1.82) is 0 Å². The van der Waals surface area contributed by atoms with E-state index in [1.54, 1.807) is 0 Å². The van der Waals surface area contributed by atoms with Crippen molar-refractivity contribution in [2.45, 2.75) is 95.9 Å². The fourth-order valence-corrected chi connectivity index (χ4v) is 4.45. The number of aryl methyl sites for hydroxylation is 1. The number of rotatable bonds is 4. The normalized spacial score (nSPS) is 24.4. The second-order valence-electron chi connectivity index (χ2n) is 8.64. The monoisotopic (exact) mass is 375 g/mol. The maximum absolute atomic E-state index is 12.7. The van der Waals surface area contributed by atoms with Crippen LogP contribution in [0.3, 0.4) is 0 Å². The predicted octanol–water partition coefficient (Wildman–Crippen LogP) is 2.85. The van der Waals surface area contributed by atoms with E-state index in [0.717, 1.165) is 57.0 Å². The molecule has 3 heterocycles. The Morgan fingerprint density at radius 2 is 1.81 bits per heavy atom. The van der Waals surface area contributed by atoms with Crippen molar-refractivity contribution < 1.29 is 9.53 Å². The molecule has 1 aliphatic carbocycles. The molecule has 0 radical (unpaired) electrons. The van der Waals surface area contributed by atoms with Crippen LogP contribution in [0.2, 0.25) is 0 Å². The quantitative estimate of drug-likeness (QED) is 0.878. The molecule has 2 fully saturated rings. The summed E-state index contributed by atoms with van der Waals surface area (Å²) in [5.41, 5.74) is 0. The molecule has 1 unspecified atom stereocenters. The van der Waals surface area contributed by atoms with E-state index in [9.17, 15) is 4.79 Å². The number of nitrogens with zero attached hydrogens (tertiary/aromatic N) is 4. The van der Waals surface area contributed by atoms with E-state index in [2.05, 4.69) is 29.2 Å². The van der Waals surface area contributed by atoms with Gasteiger partial charge >= 0.3 is 6.03 Å². The third kappa shape index (κ3) is 4.45. The highest BCUT2D eigenvalue weighted by molar-refractivity contribution is 5.74. The zero-order chi connectivity index (χ0) is 18.8. The summed E-state index contributed by atoms with van der Waals surface area (Å²) >= 11 is 0. The van der Waals surface area contributed by atoms with Crippen molar-refractivity contribution in [3.63, 3.8) is 0 Å². The minimum Gasteiger partial charge on any atom is -0.375 e. The number of urea groups is 1. The van der Waals surface area contributed by atoms with Gasteiger partial charge in [-0.25, -0.2) is 14.5 Å². The van der Waals surface area contributed by atoms with E-state index in [0.29, 0.717) is 18.1 Å². The molecule has 1 aromatic rings. The molecule has 7 heteroatoms. The number of amides is 2. The van der Waals surface area contributed by atoms with Crippen LogP contribution in [0.1, 0.15) is 76.4 Å². The van der Waals surface area contributed by atoms with Gasteiger partial charge in [0.2, 0.25) is 0 Å². The molecular weight excluding hydrogens is 342 g/mol. The van der Waals surface area contributed by atoms with E-state index in [1.165, 1.54) is 25.7 Å². The summed E-state index contributed by atoms with van der Waals surface area (Å²) in [6, 6.07) is 0.200. The Labute approximate surface area is 161 Å². The molecule has 1 saturated heterocycles. The number of piperidine rings is 1. The third-order valence-corrected chi connectivity index (χ3v) is 6.13. The molecule has 3 aliphatic rings. The fourth-order valence-electron chi connectivity index (χ4n) is 4.45. The zero-order valence-electron chi connectivity index (χ0n) is 16.7. The summed E-state index contributed by atoms with van der Waals surface area (Å²) in [7, 11) is 0. The Morgan fingerprint density at radius 3 is 2.52 bits per heavy atom. The second-order valence-corrected chi connectivity index (χ2v) is 8.64. The zero-order valence-corrected chi connectivity index (χ0v) is 16.7. The van der Waals surface area contributed by atoms with Gasteiger partial charge in [0.1, 0.15) is 5.82 Å². The largest absolute Gasteiger partial charge is 0.375 e. The highest BCUT2D eigenvalue weighted by Crippen LogP contribution is 2.25. The SMILES string of the molecule is CC(C)c1nc2n(n1)CC(NC(=O)N1CCC(OC3CCCC3)CC1)CC2. The van der Waals surface area contributed by atoms with Crippen LogP contribution in [-0.4, -0.2) is 57.0 Å². The van der Waals surface area contributed by atoms with Crippen LogP contribution < -0.4 is 5.32 Å². The van der Waals surface area contributed by atoms with E-state index in [4.69, 9.17) is 4.74 Å². The second kappa shape index (κ2) is 8.17. The van der Waals surface area contributed by atoms with Crippen molar-refractivity contribution in [1.82, 2.24) is 25.0 Å². The summed E-state index contributed by atoms with van der Waals surface area (Å²) in [6.45, 7) is 6.54. The summed E-state index contributed by atoms with van der Waals surface area (Å²) in [5, 5.41) is 7.82. The van der Waals surface area contributed by atoms with Crippen LogP contribution in [0.25, 0.3) is 0 Å². The van der Waals surface area contributed by atoms with Crippen molar-refractivity contribution in [3.05, 3.63) is 11.6 Å². The average molecular weight is 376 g/mol. The molecule has 1 aromatic heterocycles. The smallest absolute Gasteiger partial charge is 0.317 e. The van der Waals surface area contributed by atoms with E-state index in [-0.39, 0.29) is 12.1 Å². The van der Waals surface area contributed by atoms with Crippen LogP contribution in [0.15, 0.2) is 0 Å². The fraction of sp³-hybridized carbons (Fsp3) is 0.850. The first kappa shape index (κ1) is 18.7. The van der Waals surface area contributed by atoms with Gasteiger partial charge in [0, 0.05) is 25.4 Å². The number of carbonyl (C=O) groups is 1. The lowest BCUT2D eigenvalue weighted by Gasteiger charge is -2.34. The Hall–Kier alpha value is -1.63. The number of hydrogen-bond acceptors (Lipinski definition) is 4. The first-order valence-corrected chi connectivity index (χ1v) is 10.7. The van der Waals surface area contributed by atoms with Gasteiger partial charge in [-0.3, -0.25) is 0 Å². The molecule has 150 valence electrons. The summed E-state index contributed by atoms with van der Waals surface area (Å²) < 4.78 is 8.19. The Kier molecular flexibility index (Phi) is 5.66.